The normalized spacial score (nSPS) is 11.1. The fourth-order valence-electron chi connectivity index (χ4n) is 1.18. The summed E-state index contributed by atoms with van der Waals surface area (Å²) in [6.07, 6.45) is 0. The minimum Gasteiger partial charge on any atom is -0.491 e. The van der Waals surface area contributed by atoms with Crippen molar-refractivity contribution in [3.8, 4) is 5.75 Å². The van der Waals surface area contributed by atoms with Crippen LogP contribution in [0.2, 0.25) is 0 Å². The van der Waals surface area contributed by atoms with Crippen molar-refractivity contribution in [2.75, 3.05) is 13.7 Å². The molecule has 94 valence electrons. The number of halogens is 2. The Hall–Kier alpha value is -1.10. The van der Waals surface area contributed by atoms with Crippen LogP contribution in [0.15, 0.2) is 22.7 Å². The molecule has 1 rings (SSSR count). The number of rotatable bonds is 4. The lowest BCUT2D eigenvalue weighted by molar-refractivity contribution is -0.152. The van der Waals surface area contributed by atoms with Crippen LogP contribution in [0.4, 0.5) is 4.39 Å². The second-order valence-electron chi connectivity index (χ2n) is 4.24. The SMILES string of the molecule is COC(=O)C(C)(C)COc1cc(F)ccc1Br. The molecule has 5 heteroatoms. The standard InChI is InChI=1S/C12H14BrFO3/c1-12(2,11(15)16-3)7-17-10-6-8(14)4-5-9(10)13/h4-6H,7H2,1-3H3. The van der Waals surface area contributed by atoms with Gasteiger partial charge in [-0.1, -0.05) is 0 Å². The van der Waals surface area contributed by atoms with E-state index in [9.17, 15) is 9.18 Å². The van der Waals surface area contributed by atoms with E-state index in [1.165, 1.54) is 19.2 Å². The van der Waals surface area contributed by atoms with Crippen LogP contribution in [-0.2, 0) is 9.53 Å². The fraction of sp³-hybridized carbons (Fsp3) is 0.417. The molecule has 0 aliphatic heterocycles. The van der Waals surface area contributed by atoms with Gasteiger partial charge in [-0.15, -0.1) is 0 Å². The van der Waals surface area contributed by atoms with E-state index in [0.717, 1.165) is 0 Å². The lowest BCUT2D eigenvalue weighted by Crippen LogP contribution is -2.32. The quantitative estimate of drug-likeness (QED) is 0.802. The summed E-state index contributed by atoms with van der Waals surface area (Å²) in [5.41, 5.74) is -0.777. The van der Waals surface area contributed by atoms with Crippen molar-refractivity contribution in [3.05, 3.63) is 28.5 Å². The first-order valence-corrected chi connectivity index (χ1v) is 5.82. The zero-order chi connectivity index (χ0) is 13.1. The van der Waals surface area contributed by atoms with Crippen molar-refractivity contribution >= 4 is 21.9 Å². The Kier molecular flexibility index (Phi) is 4.51. The average Bonchev–Trinajstić information content (AvgIpc) is 2.29. The van der Waals surface area contributed by atoms with E-state index in [4.69, 9.17) is 4.74 Å². The average molecular weight is 305 g/mol. The van der Waals surface area contributed by atoms with Crippen molar-refractivity contribution in [2.45, 2.75) is 13.8 Å². The van der Waals surface area contributed by atoms with Gasteiger partial charge in [-0.05, 0) is 41.9 Å². The van der Waals surface area contributed by atoms with E-state index in [1.54, 1.807) is 19.9 Å². The summed E-state index contributed by atoms with van der Waals surface area (Å²) in [5.74, 6) is -0.397. The number of hydrogen-bond acceptors (Lipinski definition) is 3. The highest BCUT2D eigenvalue weighted by Gasteiger charge is 2.30. The maximum absolute atomic E-state index is 13.0. The van der Waals surface area contributed by atoms with Gasteiger partial charge in [0.1, 0.15) is 18.2 Å². The molecule has 0 heterocycles. The number of esters is 1. The summed E-state index contributed by atoms with van der Waals surface area (Å²) < 4.78 is 23.7. The molecule has 0 radical (unpaired) electrons. The van der Waals surface area contributed by atoms with Gasteiger partial charge in [-0.2, -0.15) is 0 Å². The Morgan fingerprint density at radius 2 is 2.12 bits per heavy atom. The van der Waals surface area contributed by atoms with Gasteiger partial charge in [-0.25, -0.2) is 4.39 Å². The zero-order valence-corrected chi connectivity index (χ0v) is 11.5. The van der Waals surface area contributed by atoms with Gasteiger partial charge >= 0.3 is 5.97 Å². The molecule has 0 N–H and O–H groups in total. The highest BCUT2D eigenvalue weighted by Crippen LogP contribution is 2.28. The molecule has 0 spiro atoms. The van der Waals surface area contributed by atoms with E-state index in [-0.39, 0.29) is 18.4 Å². The fourth-order valence-corrected chi connectivity index (χ4v) is 1.54. The van der Waals surface area contributed by atoms with Gasteiger partial charge in [0.25, 0.3) is 0 Å². The zero-order valence-electron chi connectivity index (χ0n) is 9.92. The summed E-state index contributed by atoms with van der Waals surface area (Å²) in [6, 6.07) is 4.13. The van der Waals surface area contributed by atoms with E-state index in [0.29, 0.717) is 10.2 Å². The number of carbonyl (C=O) groups is 1. The van der Waals surface area contributed by atoms with Crippen LogP contribution in [0.3, 0.4) is 0 Å². The Morgan fingerprint density at radius 3 is 2.71 bits per heavy atom. The Balaban J connectivity index is 2.73. The molecule has 0 aliphatic carbocycles. The third-order valence-corrected chi connectivity index (χ3v) is 2.87. The number of hydrogen-bond donors (Lipinski definition) is 0. The van der Waals surface area contributed by atoms with Crippen molar-refractivity contribution < 1.29 is 18.7 Å². The molecule has 1 aromatic rings. The minimum atomic E-state index is -0.777. The molecule has 0 saturated heterocycles. The van der Waals surface area contributed by atoms with Crippen LogP contribution in [0.5, 0.6) is 5.75 Å². The van der Waals surface area contributed by atoms with E-state index in [2.05, 4.69) is 20.7 Å². The number of benzene rings is 1. The van der Waals surface area contributed by atoms with Crippen LogP contribution in [-0.4, -0.2) is 19.7 Å². The maximum atomic E-state index is 13.0. The van der Waals surface area contributed by atoms with Crippen LogP contribution < -0.4 is 4.74 Å². The topological polar surface area (TPSA) is 35.5 Å². The third kappa shape index (κ3) is 3.70. The van der Waals surface area contributed by atoms with Gasteiger partial charge in [0.2, 0.25) is 0 Å². The Morgan fingerprint density at radius 1 is 1.47 bits per heavy atom. The minimum absolute atomic E-state index is 0.113. The molecular formula is C12H14BrFO3. The molecule has 0 bridgehead atoms. The molecule has 0 atom stereocenters. The molecule has 0 aliphatic rings. The molecule has 17 heavy (non-hydrogen) atoms. The monoisotopic (exact) mass is 304 g/mol. The highest BCUT2D eigenvalue weighted by atomic mass is 79.9. The third-order valence-electron chi connectivity index (χ3n) is 2.22. The van der Waals surface area contributed by atoms with Gasteiger partial charge in [0, 0.05) is 6.07 Å². The molecule has 3 nitrogen and oxygen atoms in total. The second-order valence-corrected chi connectivity index (χ2v) is 5.09. The lowest BCUT2D eigenvalue weighted by Gasteiger charge is -2.22. The molecule has 0 unspecified atom stereocenters. The molecule has 0 aromatic heterocycles. The van der Waals surface area contributed by atoms with Crippen LogP contribution in [0, 0.1) is 11.2 Å². The summed E-state index contributed by atoms with van der Waals surface area (Å²) in [7, 11) is 1.32. The first-order chi connectivity index (χ1) is 7.86. The van der Waals surface area contributed by atoms with Gasteiger partial charge in [0.05, 0.1) is 17.0 Å². The number of methoxy groups -OCH3 is 1. The molecule has 0 amide bonds. The molecular weight excluding hydrogens is 291 g/mol. The smallest absolute Gasteiger partial charge is 0.314 e. The largest absolute Gasteiger partial charge is 0.491 e. The van der Waals surface area contributed by atoms with Crippen molar-refractivity contribution in [1.82, 2.24) is 0 Å². The predicted molar refractivity (Wildman–Crippen MR) is 65.4 cm³/mol. The van der Waals surface area contributed by atoms with Crippen LogP contribution in [0.1, 0.15) is 13.8 Å². The van der Waals surface area contributed by atoms with Crippen LogP contribution in [0.25, 0.3) is 0 Å². The van der Waals surface area contributed by atoms with E-state index < -0.39 is 5.41 Å². The summed E-state index contributed by atoms with van der Waals surface area (Å²) in [6.45, 7) is 3.51. The Bertz CT molecular complexity index is 418. The lowest BCUT2D eigenvalue weighted by atomic mass is 9.95. The Labute approximate surface area is 108 Å². The van der Waals surface area contributed by atoms with E-state index >= 15 is 0 Å². The van der Waals surface area contributed by atoms with Gasteiger partial charge in [0.15, 0.2) is 0 Å². The van der Waals surface area contributed by atoms with Gasteiger partial charge < -0.3 is 9.47 Å². The maximum Gasteiger partial charge on any atom is 0.314 e. The molecule has 0 saturated carbocycles. The van der Waals surface area contributed by atoms with Crippen molar-refractivity contribution in [2.24, 2.45) is 5.41 Å². The van der Waals surface area contributed by atoms with Crippen molar-refractivity contribution in [1.29, 1.82) is 0 Å². The van der Waals surface area contributed by atoms with E-state index in [1.807, 2.05) is 0 Å². The second kappa shape index (κ2) is 5.49. The first kappa shape index (κ1) is 14.0. The summed E-state index contributed by atoms with van der Waals surface area (Å²) in [5, 5.41) is 0. The highest BCUT2D eigenvalue weighted by molar-refractivity contribution is 9.10. The summed E-state index contributed by atoms with van der Waals surface area (Å²) in [4.78, 5) is 11.4. The molecule has 0 fully saturated rings. The van der Waals surface area contributed by atoms with Gasteiger partial charge in [-0.3, -0.25) is 4.79 Å². The number of carbonyl (C=O) groups excluding carboxylic acids is 1. The number of ether oxygens (including phenoxy) is 2. The molecule has 1 aromatic carbocycles. The predicted octanol–water partition coefficient (Wildman–Crippen LogP) is 3.17. The van der Waals surface area contributed by atoms with Crippen LogP contribution >= 0.6 is 15.9 Å². The van der Waals surface area contributed by atoms with Crippen molar-refractivity contribution in [3.63, 3.8) is 0 Å². The first-order valence-electron chi connectivity index (χ1n) is 5.03. The summed E-state index contributed by atoms with van der Waals surface area (Å²) >= 11 is 3.24.